The number of amides is 2. The van der Waals surface area contributed by atoms with E-state index in [1.165, 1.54) is 0 Å². The van der Waals surface area contributed by atoms with E-state index in [-0.39, 0.29) is 18.6 Å². The van der Waals surface area contributed by atoms with Crippen LogP contribution in [0.15, 0.2) is 0 Å². The van der Waals surface area contributed by atoms with Gasteiger partial charge < -0.3 is 20.3 Å². The molecule has 0 aromatic rings. The molecule has 1 saturated heterocycles. The SMILES string of the molecule is CN1CCC(NC(=O)NCC=O)CC1. The summed E-state index contributed by atoms with van der Waals surface area (Å²) in [5.74, 6) is 0. The summed E-state index contributed by atoms with van der Waals surface area (Å²) in [6.07, 6.45) is 2.63. The summed E-state index contributed by atoms with van der Waals surface area (Å²) in [4.78, 5) is 23.4. The molecule has 5 nitrogen and oxygen atoms in total. The van der Waals surface area contributed by atoms with E-state index in [4.69, 9.17) is 0 Å². The number of hydrogen-bond acceptors (Lipinski definition) is 3. The van der Waals surface area contributed by atoms with E-state index in [0.29, 0.717) is 6.29 Å². The van der Waals surface area contributed by atoms with Crippen molar-refractivity contribution in [3.63, 3.8) is 0 Å². The molecule has 5 heteroatoms. The lowest BCUT2D eigenvalue weighted by atomic mass is 10.1. The van der Waals surface area contributed by atoms with Crippen molar-refractivity contribution in [1.29, 1.82) is 0 Å². The summed E-state index contributed by atoms with van der Waals surface area (Å²) in [6.45, 7) is 2.11. The van der Waals surface area contributed by atoms with Gasteiger partial charge >= 0.3 is 6.03 Å². The van der Waals surface area contributed by atoms with E-state index < -0.39 is 0 Å². The summed E-state index contributed by atoms with van der Waals surface area (Å²) in [6, 6.07) is 0.00417. The number of piperidine rings is 1. The molecule has 1 rings (SSSR count). The van der Waals surface area contributed by atoms with E-state index in [1.807, 2.05) is 0 Å². The van der Waals surface area contributed by atoms with Crippen molar-refractivity contribution in [1.82, 2.24) is 15.5 Å². The standard InChI is InChI=1S/C9H17N3O2/c1-12-5-2-8(3-6-12)11-9(14)10-4-7-13/h7-8H,2-6H2,1H3,(H2,10,11,14). The molecule has 0 atom stereocenters. The van der Waals surface area contributed by atoms with E-state index in [0.717, 1.165) is 25.9 Å². The van der Waals surface area contributed by atoms with Crippen molar-refractivity contribution in [2.24, 2.45) is 0 Å². The van der Waals surface area contributed by atoms with E-state index in [2.05, 4.69) is 22.6 Å². The average molecular weight is 199 g/mol. The van der Waals surface area contributed by atoms with Crippen LogP contribution >= 0.6 is 0 Å². The van der Waals surface area contributed by atoms with Crippen LogP contribution in [0.3, 0.4) is 0 Å². The number of hydrogen-bond donors (Lipinski definition) is 2. The van der Waals surface area contributed by atoms with Gasteiger partial charge in [0.05, 0.1) is 6.54 Å². The number of likely N-dealkylation sites (tertiary alicyclic amines) is 1. The second-order valence-corrected chi connectivity index (χ2v) is 3.60. The minimum atomic E-state index is -0.244. The van der Waals surface area contributed by atoms with Crippen molar-refractivity contribution in [3.05, 3.63) is 0 Å². The molecule has 0 bridgehead atoms. The molecule has 0 spiro atoms. The number of nitrogens with zero attached hydrogens (tertiary/aromatic N) is 1. The Balaban J connectivity index is 2.17. The summed E-state index contributed by atoms with van der Waals surface area (Å²) in [7, 11) is 2.07. The predicted molar refractivity (Wildman–Crippen MR) is 53.1 cm³/mol. The Morgan fingerprint density at radius 3 is 2.71 bits per heavy atom. The van der Waals surface area contributed by atoms with Gasteiger partial charge in [0.1, 0.15) is 6.29 Å². The molecule has 0 aromatic carbocycles. The van der Waals surface area contributed by atoms with Crippen LogP contribution in [0.1, 0.15) is 12.8 Å². The Morgan fingerprint density at radius 1 is 1.50 bits per heavy atom. The Hall–Kier alpha value is -1.10. The fraction of sp³-hybridized carbons (Fsp3) is 0.778. The van der Waals surface area contributed by atoms with Gasteiger partial charge in [-0.15, -0.1) is 0 Å². The molecule has 1 aliphatic heterocycles. The molecule has 1 heterocycles. The smallest absolute Gasteiger partial charge is 0.315 e. The van der Waals surface area contributed by atoms with E-state index in [9.17, 15) is 9.59 Å². The Morgan fingerprint density at radius 2 is 2.14 bits per heavy atom. The molecule has 2 N–H and O–H groups in total. The van der Waals surface area contributed by atoms with Crippen LogP contribution in [0, 0.1) is 0 Å². The third-order valence-corrected chi connectivity index (χ3v) is 2.40. The summed E-state index contributed by atoms with van der Waals surface area (Å²) < 4.78 is 0. The van der Waals surface area contributed by atoms with Crippen molar-refractivity contribution in [2.75, 3.05) is 26.7 Å². The fourth-order valence-corrected chi connectivity index (χ4v) is 1.52. The number of carbonyl (C=O) groups is 2. The van der Waals surface area contributed by atoms with Crippen LogP contribution in [0.4, 0.5) is 4.79 Å². The quantitative estimate of drug-likeness (QED) is 0.607. The van der Waals surface area contributed by atoms with Crippen LogP contribution in [-0.4, -0.2) is 49.9 Å². The third-order valence-electron chi connectivity index (χ3n) is 2.40. The van der Waals surface area contributed by atoms with Gasteiger partial charge in [-0.3, -0.25) is 0 Å². The molecule has 0 radical (unpaired) electrons. The van der Waals surface area contributed by atoms with Gasteiger partial charge in [-0.05, 0) is 33.0 Å². The summed E-state index contributed by atoms with van der Waals surface area (Å²) in [5, 5.41) is 5.30. The fourth-order valence-electron chi connectivity index (χ4n) is 1.52. The number of urea groups is 1. The lowest BCUT2D eigenvalue weighted by Crippen LogP contribution is -2.47. The first-order chi connectivity index (χ1) is 6.72. The van der Waals surface area contributed by atoms with Crippen molar-refractivity contribution < 1.29 is 9.59 Å². The van der Waals surface area contributed by atoms with E-state index >= 15 is 0 Å². The Labute approximate surface area is 83.8 Å². The normalized spacial score (nSPS) is 18.9. The Kier molecular flexibility index (Phi) is 4.39. The number of rotatable bonds is 3. The van der Waals surface area contributed by atoms with E-state index in [1.54, 1.807) is 0 Å². The second kappa shape index (κ2) is 5.59. The van der Waals surface area contributed by atoms with Crippen LogP contribution in [0.2, 0.25) is 0 Å². The molecule has 1 aliphatic rings. The lowest BCUT2D eigenvalue weighted by molar-refractivity contribution is -0.107. The molecule has 0 aromatic heterocycles. The molecular formula is C9H17N3O2. The first kappa shape index (κ1) is 11.0. The highest BCUT2D eigenvalue weighted by atomic mass is 16.2. The largest absolute Gasteiger partial charge is 0.335 e. The molecular weight excluding hydrogens is 182 g/mol. The van der Waals surface area contributed by atoms with Gasteiger partial charge in [-0.25, -0.2) is 4.79 Å². The molecule has 0 unspecified atom stereocenters. The predicted octanol–water partition coefficient (Wildman–Crippen LogP) is -0.421. The van der Waals surface area contributed by atoms with Gasteiger partial charge in [0.2, 0.25) is 0 Å². The summed E-state index contributed by atoms with van der Waals surface area (Å²) in [5.41, 5.74) is 0. The molecule has 1 fully saturated rings. The number of carbonyl (C=O) groups excluding carboxylic acids is 2. The second-order valence-electron chi connectivity index (χ2n) is 3.60. The summed E-state index contributed by atoms with van der Waals surface area (Å²) >= 11 is 0. The zero-order chi connectivity index (χ0) is 10.4. The van der Waals surface area contributed by atoms with Gasteiger partial charge in [-0.2, -0.15) is 0 Å². The molecule has 0 aliphatic carbocycles. The van der Waals surface area contributed by atoms with Gasteiger partial charge in [0.15, 0.2) is 0 Å². The van der Waals surface area contributed by atoms with Crippen LogP contribution in [0.5, 0.6) is 0 Å². The van der Waals surface area contributed by atoms with Gasteiger partial charge in [0, 0.05) is 6.04 Å². The number of nitrogens with one attached hydrogen (secondary N) is 2. The van der Waals surface area contributed by atoms with Crippen molar-refractivity contribution in [2.45, 2.75) is 18.9 Å². The molecule has 14 heavy (non-hydrogen) atoms. The maximum absolute atomic E-state index is 11.2. The zero-order valence-electron chi connectivity index (χ0n) is 8.45. The van der Waals surface area contributed by atoms with Crippen molar-refractivity contribution in [3.8, 4) is 0 Å². The topological polar surface area (TPSA) is 61.4 Å². The Bertz CT molecular complexity index is 200. The van der Waals surface area contributed by atoms with Crippen molar-refractivity contribution >= 4 is 12.3 Å². The maximum atomic E-state index is 11.2. The average Bonchev–Trinajstić information content (AvgIpc) is 2.18. The third kappa shape index (κ3) is 3.74. The molecule has 0 saturated carbocycles. The zero-order valence-corrected chi connectivity index (χ0v) is 8.45. The van der Waals surface area contributed by atoms with Gasteiger partial charge in [-0.1, -0.05) is 0 Å². The lowest BCUT2D eigenvalue weighted by Gasteiger charge is -2.29. The first-order valence-electron chi connectivity index (χ1n) is 4.89. The molecule has 2 amide bonds. The number of aldehydes is 1. The van der Waals surface area contributed by atoms with Gasteiger partial charge in [0.25, 0.3) is 0 Å². The molecule has 80 valence electrons. The highest BCUT2D eigenvalue weighted by Crippen LogP contribution is 2.07. The van der Waals surface area contributed by atoms with Crippen LogP contribution in [-0.2, 0) is 4.79 Å². The minimum Gasteiger partial charge on any atom is -0.335 e. The van der Waals surface area contributed by atoms with Crippen LogP contribution in [0.25, 0.3) is 0 Å². The highest BCUT2D eigenvalue weighted by molar-refractivity contribution is 5.76. The highest BCUT2D eigenvalue weighted by Gasteiger charge is 2.17. The minimum absolute atomic E-state index is 0.0818. The maximum Gasteiger partial charge on any atom is 0.315 e. The monoisotopic (exact) mass is 199 g/mol. The van der Waals surface area contributed by atoms with Crippen LogP contribution < -0.4 is 10.6 Å². The first-order valence-corrected chi connectivity index (χ1v) is 4.89.